The second-order valence-corrected chi connectivity index (χ2v) is 9.08. The van der Waals surface area contributed by atoms with Gasteiger partial charge in [-0.2, -0.15) is 0 Å². The third-order valence-corrected chi connectivity index (χ3v) is 6.61. The maximum Gasteiger partial charge on any atom is 0.295 e. The molecule has 1 aromatic heterocycles. The SMILES string of the molecule is CCOc1ccc(C2C(=C(O)c3ccc4c(c3)CC(C)O4)C(=O)C(=O)N2Cc2ccncc2)cc1OC. The summed E-state index contributed by atoms with van der Waals surface area (Å²) in [7, 11) is 1.53. The topological polar surface area (TPSA) is 98.2 Å². The number of aromatic nitrogens is 1. The molecule has 8 nitrogen and oxygen atoms in total. The lowest BCUT2D eigenvalue weighted by atomic mass is 9.94. The molecule has 1 amide bonds. The number of nitrogens with zero attached hydrogens (tertiary/aromatic N) is 2. The van der Waals surface area contributed by atoms with Gasteiger partial charge >= 0.3 is 0 Å². The molecule has 3 heterocycles. The molecule has 0 radical (unpaired) electrons. The molecule has 8 heteroatoms. The van der Waals surface area contributed by atoms with Gasteiger partial charge in [0.25, 0.3) is 11.7 Å². The lowest BCUT2D eigenvalue weighted by Crippen LogP contribution is -2.29. The molecule has 1 saturated heterocycles. The minimum Gasteiger partial charge on any atom is -0.507 e. The normalized spacial score (nSPS) is 20.0. The molecule has 0 spiro atoms. The van der Waals surface area contributed by atoms with Crippen molar-refractivity contribution in [3.05, 3.63) is 88.8 Å². The van der Waals surface area contributed by atoms with Crippen molar-refractivity contribution in [1.82, 2.24) is 9.88 Å². The molecule has 0 bridgehead atoms. The minimum absolute atomic E-state index is 0.0252. The van der Waals surface area contributed by atoms with Gasteiger partial charge in [-0.1, -0.05) is 6.07 Å². The minimum atomic E-state index is -0.832. The van der Waals surface area contributed by atoms with Crippen molar-refractivity contribution >= 4 is 17.4 Å². The number of hydrogen-bond acceptors (Lipinski definition) is 7. The van der Waals surface area contributed by atoms with Crippen LogP contribution in [0.2, 0.25) is 0 Å². The summed E-state index contributed by atoms with van der Waals surface area (Å²) in [5.41, 5.74) is 2.86. The van der Waals surface area contributed by atoms with Crippen LogP contribution in [0, 0.1) is 0 Å². The van der Waals surface area contributed by atoms with Crippen LogP contribution >= 0.6 is 0 Å². The summed E-state index contributed by atoms with van der Waals surface area (Å²) in [5.74, 6) is 0.125. The summed E-state index contributed by atoms with van der Waals surface area (Å²) < 4.78 is 17.0. The first kappa shape index (κ1) is 24.4. The zero-order chi connectivity index (χ0) is 26.1. The van der Waals surface area contributed by atoms with Gasteiger partial charge in [-0.15, -0.1) is 0 Å². The summed E-state index contributed by atoms with van der Waals surface area (Å²) >= 11 is 0. The number of fused-ring (bicyclic) bond motifs is 1. The van der Waals surface area contributed by atoms with E-state index in [9.17, 15) is 14.7 Å². The molecule has 1 N–H and O–H groups in total. The zero-order valence-corrected chi connectivity index (χ0v) is 20.9. The van der Waals surface area contributed by atoms with Gasteiger partial charge in [0.1, 0.15) is 17.6 Å². The Morgan fingerprint density at radius 3 is 2.62 bits per heavy atom. The smallest absolute Gasteiger partial charge is 0.295 e. The molecule has 2 aliphatic heterocycles. The Kier molecular flexibility index (Phi) is 6.56. The standard InChI is InChI=1S/C29H28N2O6/c1-4-36-23-8-5-19(15-24(23)35-3)26-25(27(32)20-6-7-22-21(14-20)13-17(2)37-22)28(33)29(34)31(26)16-18-9-11-30-12-10-18/h5-12,14-15,17,26,32H,4,13,16H2,1-3H3. The Labute approximate surface area is 215 Å². The number of methoxy groups -OCH3 is 1. The number of ketones is 1. The fourth-order valence-electron chi connectivity index (χ4n) is 4.93. The van der Waals surface area contributed by atoms with Gasteiger partial charge in [0.2, 0.25) is 0 Å². The fourth-order valence-corrected chi connectivity index (χ4v) is 4.93. The predicted molar refractivity (Wildman–Crippen MR) is 136 cm³/mol. The van der Waals surface area contributed by atoms with Gasteiger partial charge < -0.3 is 24.2 Å². The number of rotatable bonds is 7. The molecule has 2 unspecified atom stereocenters. The van der Waals surface area contributed by atoms with Crippen molar-refractivity contribution < 1.29 is 28.9 Å². The van der Waals surface area contributed by atoms with Crippen LogP contribution < -0.4 is 14.2 Å². The maximum absolute atomic E-state index is 13.4. The van der Waals surface area contributed by atoms with E-state index in [1.54, 1.807) is 54.9 Å². The maximum atomic E-state index is 13.4. The number of carbonyl (C=O) groups is 2. The Morgan fingerprint density at radius 2 is 1.89 bits per heavy atom. The highest BCUT2D eigenvalue weighted by Crippen LogP contribution is 2.43. The highest BCUT2D eigenvalue weighted by molar-refractivity contribution is 6.46. The second-order valence-electron chi connectivity index (χ2n) is 9.08. The fraction of sp³-hybridized carbons (Fsp3) is 0.276. The van der Waals surface area contributed by atoms with Crippen LogP contribution in [0.25, 0.3) is 5.76 Å². The molecule has 0 aliphatic carbocycles. The van der Waals surface area contributed by atoms with E-state index >= 15 is 0 Å². The summed E-state index contributed by atoms with van der Waals surface area (Å²) in [4.78, 5) is 32.3. The lowest BCUT2D eigenvalue weighted by molar-refractivity contribution is -0.140. The molecule has 190 valence electrons. The molecule has 2 aromatic carbocycles. The number of hydrogen-bond donors (Lipinski definition) is 1. The highest BCUT2D eigenvalue weighted by atomic mass is 16.5. The van der Waals surface area contributed by atoms with Crippen LogP contribution in [0.1, 0.15) is 42.1 Å². The molecule has 37 heavy (non-hydrogen) atoms. The van der Waals surface area contributed by atoms with Crippen LogP contribution in [0.5, 0.6) is 17.2 Å². The quantitative estimate of drug-likeness (QED) is 0.291. The van der Waals surface area contributed by atoms with Crippen LogP contribution in [0.4, 0.5) is 0 Å². The van der Waals surface area contributed by atoms with Gasteiger partial charge in [-0.3, -0.25) is 14.6 Å². The first-order chi connectivity index (χ1) is 17.9. The third kappa shape index (κ3) is 4.50. The van der Waals surface area contributed by atoms with Gasteiger partial charge in [-0.05, 0) is 73.0 Å². The summed E-state index contributed by atoms with van der Waals surface area (Å²) in [6, 6.07) is 13.3. The number of ether oxygens (including phenoxy) is 3. The van der Waals surface area contributed by atoms with Crippen LogP contribution in [0.15, 0.2) is 66.5 Å². The average molecular weight is 501 g/mol. The van der Waals surface area contributed by atoms with E-state index in [1.165, 1.54) is 12.0 Å². The van der Waals surface area contributed by atoms with Crippen molar-refractivity contribution in [3.8, 4) is 17.2 Å². The number of pyridine rings is 1. The molecular weight excluding hydrogens is 472 g/mol. The average Bonchev–Trinajstić information content (AvgIpc) is 3.40. The van der Waals surface area contributed by atoms with Gasteiger partial charge in [0, 0.05) is 30.9 Å². The number of carbonyl (C=O) groups excluding carboxylic acids is 2. The second kappa shape index (κ2) is 9.97. The van der Waals surface area contributed by atoms with Crippen LogP contribution in [-0.2, 0) is 22.6 Å². The number of aliphatic hydroxyl groups excluding tert-OH is 1. The Morgan fingerprint density at radius 1 is 1.11 bits per heavy atom. The zero-order valence-electron chi connectivity index (χ0n) is 20.9. The molecule has 2 aliphatic rings. The van der Waals surface area contributed by atoms with E-state index in [1.807, 2.05) is 19.9 Å². The highest BCUT2D eigenvalue weighted by Gasteiger charge is 2.46. The Balaban J connectivity index is 1.64. The largest absolute Gasteiger partial charge is 0.507 e. The van der Waals surface area contributed by atoms with Crippen molar-refractivity contribution in [2.75, 3.05) is 13.7 Å². The molecule has 3 aromatic rings. The number of benzene rings is 2. The van der Waals surface area contributed by atoms with E-state index in [0.29, 0.717) is 35.7 Å². The van der Waals surface area contributed by atoms with Gasteiger partial charge in [0.15, 0.2) is 11.5 Å². The van der Waals surface area contributed by atoms with Crippen molar-refractivity contribution in [3.63, 3.8) is 0 Å². The van der Waals surface area contributed by atoms with E-state index in [2.05, 4.69) is 4.98 Å². The molecule has 2 atom stereocenters. The third-order valence-electron chi connectivity index (χ3n) is 6.61. The van der Waals surface area contributed by atoms with Crippen molar-refractivity contribution in [2.24, 2.45) is 0 Å². The van der Waals surface area contributed by atoms with Crippen molar-refractivity contribution in [1.29, 1.82) is 0 Å². The molecule has 1 fully saturated rings. The van der Waals surface area contributed by atoms with Crippen LogP contribution in [0.3, 0.4) is 0 Å². The van der Waals surface area contributed by atoms with E-state index in [-0.39, 0.29) is 24.0 Å². The summed E-state index contributed by atoms with van der Waals surface area (Å²) in [6.07, 6.45) is 4.00. The number of Topliss-reactive ketones (excluding diaryl/α,β-unsaturated/α-hetero) is 1. The van der Waals surface area contributed by atoms with Gasteiger partial charge in [0.05, 0.1) is 25.3 Å². The first-order valence-electron chi connectivity index (χ1n) is 12.2. The molecule has 5 rings (SSSR count). The van der Waals surface area contributed by atoms with Crippen molar-refractivity contribution in [2.45, 2.75) is 39.0 Å². The van der Waals surface area contributed by atoms with E-state index in [4.69, 9.17) is 14.2 Å². The molecule has 0 saturated carbocycles. The summed E-state index contributed by atoms with van der Waals surface area (Å²) in [6.45, 7) is 4.47. The van der Waals surface area contributed by atoms with Gasteiger partial charge in [-0.25, -0.2) is 0 Å². The number of likely N-dealkylation sites (tertiary alicyclic amines) is 1. The van der Waals surface area contributed by atoms with E-state index in [0.717, 1.165) is 16.9 Å². The Bertz CT molecular complexity index is 1380. The van der Waals surface area contributed by atoms with E-state index < -0.39 is 17.7 Å². The predicted octanol–water partition coefficient (Wildman–Crippen LogP) is 4.43. The lowest BCUT2D eigenvalue weighted by Gasteiger charge is -2.26. The summed E-state index contributed by atoms with van der Waals surface area (Å²) in [5, 5.41) is 11.5. The number of amides is 1. The monoisotopic (exact) mass is 500 g/mol. The first-order valence-corrected chi connectivity index (χ1v) is 12.2. The Hall–Kier alpha value is -4.33. The molecular formula is C29H28N2O6. The number of aliphatic hydroxyl groups is 1. The van der Waals surface area contributed by atoms with Crippen LogP contribution in [-0.4, -0.2) is 46.5 Å².